The molecule has 1 fully saturated rings. The molecule has 2 heterocycles. The predicted molar refractivity (Wildman–Crippen MR) is 121 cm³/mol. The second kappa shape index (κ2) is 8.91. The Labute approximate surface area is 188 Å². The Morgan fingerprint density at radius 1 is 1.26 bits per heavy atom. The fraction of sp³-hybridized carbons (Fsp3) is 0.522. The molecule has 31 heavy (non-hydrogen) atoms. The summed E-state index contributed by atoms with van der Waals surface area (Å²) in [4.78, 5) is 27.7. The molecule has 8 heteroatoms. The number of benzene rings is 1. The van der Waals surface area contributed by atoms with Gasteiger partial charge in [0.15, 0.2) is 6.10 Å². The fourth-order valence-corrected chi connectivity index (χ4v) is 3.98. The first-order chi connectivity index (χ1) is 14.5. The van der Waals surface area contributed by atoms with Gasteiger partial charge in [0.25, 0.3) is 11.8 Å². The van der Waals surface area contributed by atoms with Crippen LogP contribution in [0.2, 0.25) is 5.02 Å². The number of hydrogen-bond donors (Lipinski definition) is 1. The third-order valence-electron chi connectivity index (χ3n) is 5.40. The summed E-state index contributed by atoms with van der Waals surface area (Å²) in [6.07, 6.45) is -0.648. The molecule has 1 aromatic heterocycles. The molecule has 2 amide bonds. The zero-order valence-electron chi connectivity index (χ0n) is 19.0. The molecule has 0 bridgehead atoms. The number of aromatic nitrogens is 2. The largest absolute Gasteiger partial charge is 0.481 e. The van der Waals surface area contributed by atoms with Crippen molar-refractivity contribution in [2.24, 2.45) is 5.92 Å². The number of aryl methyl sites for hydroxylation is 1. The maximum absolute atomic E-state index is 13.0. The van der Waals surface area contributed by atoms with Gasteiger partial charge in [0.2, 0.25) is 0 Å². The third kappa shape index (κ3) is 5.39. The maximum atomic E-state index is 13.0. The van der Waals surface area contributed by atoms with Gasteiger partial charge in [0.05, 0.1) is 17.3 Å². The summed E-state index contributed by atoms with van der Waals surface area (Å²) in [5.74, 6) is 0.388. The second-order valence-corrected chi connectivity index (χ2v) is 9.71. The number of hydrogen-bond acceptors (Lipinski definition) is 4. The second-order valence-electron chi connectivity index (χ2n) is 9.27. The molecule has 1 aliphatic heterocycles. The van der Waals surface area contributed by atoms with Crippen LogP contribution in [0.5, 0.6) is 5.75 Å². The van der Waals surface area contributed by atoms with Crippen molar-refractivity contribution in [2.75, 3.05) is 13.1 Å². The summed E-state index contributed by atoms with van der Waals surface area (Å²) < 4.78 is 7.52. The first kappa shape index (κ1) is 23.1. The normalized spacial score (nSPS) is 19.9. The number of carbonyl (C=O) groups is 2. The number of nitrogens with zero attached hydrogens (tertiary/aromatic N) is 3. The van der Waals surface area contributed by atoms with Crippen LogP contribution in [-0.4, -0.2) is 51.7 Å². The van der Waals surface area contributed by atoms with Crippen molar-refractivity contribution in [1.82, 2.24) is 20.0 Å². The van der Waals surface area contributed by atoms with E-state index in [1.165, 1.54) is 0 Å². The average Bonchev–Trinajstić information content (AvgIpc) is 3.24. The highest BCUT2D eigenvalue weighted by Crippen LogP contribution is 2.23. The molecule has 1 unspecified atom stereocenters. The van der Waals surface area contributed by atoms with Gasteiger partial charge < -0.3 is 15.0 Å². The quantitative estimate of drug-likeness (QED) is 0.760. The number of ether oxygens (including phenoxy) is 1. The molecule has 168 valence electrons. The van der Waals surface area contributed by atoms with Crippen LogP contribution in [0.4, 0.5) is 0 Å². The molecule has 1 aliphatic rings. The Kier molecular flexibility index (Phi) is 6.65. The van der Waals surface area contributed by atoms with Crippen molar-refractivity contribution >= 4 is 23.4 Å². The highest BCUT2D eigenvalue weighted by molar-refractivity contribution is 6.30. The van der Waals surface area contributed by atoms with Crippen LogP contribution >= 0.6 is 11.6 Å². The van der Waals surface area contributed by atoms with Crippen molar-refractivity contribution in [3.63, 3.8) is 0 Å². The lowest BCUT2D eigenvalue weighted by Gasteiger charge is -2.24. The molecule has 0 saturated carbocycles. The molecule has 0 radical (unpaired) electrons. The van der Waals surface area contributed by atoms with Gasteiger partial charge in [0.1, 0.15) is 11.4 Å². The molecule has 2 aromatic rings. The summed E-state index contributed by atoms with van der Waals surface area (Å²) in [7, 11) is 0. The molecule has 1 N–H and O–H groups in total. The molecular formula is C23H31ClN4O3. The molecule has 0 spiro atoms. The SMILES string of the molecule is Cc1cc(C(=O)N[C@H]2CN(C(=O)C(C)Oc3cccc(Cl)c3)C[C@H]2C)n(C(C)(C)C)n1. The van der Waals surface area contributed by atoms with Crippen LogP contribution in [0.1, 0.15) is 50.8 Å². The van der Waals surface area contributed by atoms with Crippen LogP contribution in [0.25, 0.3) is 0 Å². The fourth-order valence-electron chi connectivity index (χ4n) is 3.80. The van der Waals surface area contributed by atoms with Crippen LogP contribution in [0, 0.1) is 12.8 Å². The molecular weight excluding hydrogens is 416 g/mol. The summed E-state index contributed by atoms with van der Waals surface area (Å²) in [6.45, 7) is 12.7. The molecule has 0 aliphatic carbocycles. The molecule has 7 nitrogen and oxygen atoms in total. The number of amides is 2. The van der Waals surface area contributed by atoms with E-state index >= 15 is 0 Å². The molecule has 3 rings (SSSR count). The van der Waals surface area contributed by atoms with Crippen LogP contribution in [-0.2, 0) is 10.3 Å². The first-order valence-electron chi connectivity index (χ1n) is 10.5. The van der Waals surface area contributed by atoms with Gasteiger partial charge in [-0.3, -0.25) is 14.3 Å². The summed E-state index contributed by atoms with van der Waals surface area (Å²) in [5, 5.41) is 8.13. The first-order valence-corrected chi connectivity index (χ1v) is 10.9. The van der Waals surface area contributed by atoms with E-state index in [1.807, 2.05) is 34.6 Å². The van der Waals surface area contributed by atoms with Gasteiger partial charge in [-0.1, -0.05) is 24.6 Å². The Bertz CT molecular complexity index is 966. The van der Waals surface area contributed by atoms with E-state index in [2.05, 4.69) is 10.4 Å². The van der Waals surface area contributed by atoms with E-state index in [0.29, 0.717) is 29.6 Å². The molecule has 3 atom stereocenters. The maximum Gasteiger partial charge on any atom is 0.269 e. The summed E-state index contributed by atoms with van der Waals surface area (Å²) >= 11 is 5.99. The Hall–Kier alpha value is -2.54. The van der Waals surface area contributed by atoms with Gasteiger partial charge in [-0.15, -0.1) is 0 Å². The number of rotatable bonds is 5. The van der Waals surface area contributed by atoms with Crippen LogP contribution in [0.15, 0.2) is 30.3 Å². The number of carbonyl (C=O) groups excluding carboxylic acids is 2. The third-order valence-corrected chi connectivity index (χ3v) is 5.63. The van der Waals surface area contributed by atoms with Crippen LogP contribution in [0.3, 0.4) is 0 Å². The lowest BCUT2D eigenvalue weighted by Crippen LogP contribution is -2.44. The minimum Gasteiger partial charge on any atom is -0.481 e. The zero-order chi connectivity index (χ0) is 22.9. The van der Waals surface area contributed by atoms with Crippen molar-refractivity contribution in [1.29, 1.82) is 0 Å². The standard InChI is InChI=1S/C23H31ClN4O3/c1-14-12-27(22(30)16(3)31-18-9-7-8-17(24)11-18)13-19(14)25-21(29)20-10-15(2)26-28(20)23(4,5)6/h7-11,14,16,19H,12-13H2,1-6H3,(H,25,29)/t14-,16?,19+/m1/s1. The Balaban J connectivity index is 1.64. The lowest BCUT2D eigenvalue weighted by atomic mass is 10.1. The minimum atomic E-state index is -0.648. The van der Waals surface area contributed by atoms with E-state index in [-0.39, 0.29) is 29.3 Å². The molecule has 1 saturated heterocycles. The lowest BCUT2D eigenvalue weighted by molar-refractivity contribution is -0.137. The van der Waals surface area contributed by atoms with Gasteiger partial charge in [-0.2, -0.15) is 5.10 Å². The van der Waals surface area contributed by atoms with Crippen molar-refractivity contribution in [3.8, 4) is 5.75 Å². The Morgan fingerprint density at radius 3 is 2.61 bits per heavy atom. The minimum absolute atomic E-state index is 0.112. The van der Waals surface area contributed by atoms with Crippen LogP contribution < -0.4 is 10.1 Å². The van der Waals surface area contributed by atoms with E-state index < -0.39 is 6.10 Å². The Morgan fingerprint density at radius 2 is 1.97 bits per heavy atom. The van der Waals surface area contributed by atoms with E-state index in [1.54, 1.807) is 46.8 Å². The average molecular weight is 447 g/mol. The smallest absolute Gasteiger partial charge is 0.269 e. The van der Waals surface area contributed by atoms with Crippen molar-refractivity contribution in [3.05, 3.63) is 46.7 Å². The topological polar surface area (TPSA) is 76.5 Å². The number of halogens is 1. The number of nitrogens with one attached hydrogen (secondary N) is 1. The van der Waals surface area contributed by atoms with Gasteiger partial charge in [-0.25, -0.2) is 0 Å². The predicted octanol–water partition coefficient (Wildman–Crippen LogP) is 3.64. The van der Waals surface area contributed by atoms with E-state index in [4.69, 9.17) is 16.3 Å². The monoisotopic (exact) mass is 446 g/mol. The van der Waals surface area contributed by atoms with Gasteiger partial charge >= 0.3 is 0 Å². The van der Waals surface area contributed by atoms with Crippen molar-refractivity contribution in [2.45, 2.75) is 59.2 Å². The zero-order valence-corrected chi connectivity index (χ0v) is 19.7. The van der Waals surface area contributed by atoms with Gasteiger partial charge in [-0.05, 0) is 64.8 Å². The summed E-state index contributed by atoms with van der Waals surface area (Å²) in [5.41, 5.74) is 1.01. The van der Waals surface area contributed by atoms with E-state index in [0.717, 1.165) is 5.69 Å². The highest BCUT2D eigenvalue weighted by Gasteiger charge is 2.36. The van der Waals surface area contributed by atoms with Gasteiger partial charge in [0, 0.05) is 18.1 Å². The van der Waals surface area contributed by atoms with Crippen molar-refractivity contribution < 1.29 is 14.3 Å². The summed E-state index contributed by atoms with van der Waals surface area (Å²) in [6, 6.07) is 8.64. The molecule has 1 aromatic carbocycles. The highest BCUT2D eigenvalue weighted by atomic mass is 35.5. The number of likely N-dealkylation sites (tertiary alicyclic amines) is 1. The van der Waals surface area contributed by atoms with E-state index in [9.17, 15) is 9.59 Å².